The molecule has 1 aliphatic heterocycles. The van der Waals surface area contributed by atoms with Crippen molar-refractivity contribution >= 4 is 29.2 Å². The van der Waals surface area contributed by atoms with E-state index in [-0.39, 0.29) is 24.4 Å². The third-order valence-corrected chi connectivity index (χ3v) is 4.11. The zero-order chi connectivity index (χ0) is 14.8. The first kappa shape index (κ1) is 16.8. The van der Waals surface area contributed by atoms with Crippen molar-refractivity contribution in [1.29, 1.82) is 0 Å². The SMILES string of the molecule is Cc1cccc2[nH]cc(CCNC(=O)C3CC(O)CN3)c12.Cl. The average molecular weight is 324 g/mol. The van der Waals surface area contributed by atoms with Gasteiger partial charge in [0.2, 0.25) is 5.91 Å². The predicted molar refractivity (Wildman–Crippen MR) is 89.4 cm³/mol. The molecule has 120 valence electrons. The number of β-amino-alcohol motifs (C(OH)–C–C–N with tert-alkyl or cyclic N) is 1. The molecule has 2 atom stereocenters. The molecule has 6 heteroatoms. The Morgan fingerprint density at radius 2 is 2.27 bits per heavy atom. The fourth-order valence-electron chi connectivity index (χ4n) is 3.01. The fraction of sp³-hybridized carbons (Fsp3) is 0.438. The average Bonchev–Trinajstić information content (AvgIpc) is 3.06. The Morgan fingerprint density at radius 3 is 3.00 bits per heavy atom. The van der Waals surface area contributed by atoms with E-state index in [1.54, 1.807) is 0 Å². The van der Waals surface area contributed by atoms with Gasteiger partial charge in [0.25, 0.3) is 0 Å². The molecule has 0 saturated carbocycles. The zero-order valence-electron chi connectivity index (χ0n) is 12.6. The van der Waals surface area contributed by atoms with E-state index in [4.69, 9.17) is 0 Å². The quantitative estimate of drug-likeness (QED) is 0.684. The largest absolute Gasteiger partial charge is 0.392 e. The minimum atomic E-state index is -0.406. The number of halogens is 1. The fourth-order valence-corrected chi connectivity index (χ4v) is 3.01. The van der Waals surface area contributed by atoms with Crippen molar-refractivity contribution in [2.45, 2.75) is 31.9 Å². The molecule has 5 nitrogen and oxygen atoms in total. The molecule has 0 spiro atoms. The Labute approximate surface area is 135 Å². The van der Waals surface area contributed by atoms with Crippen molar-refractivity contribution in [1.82, 2.24) is 15.6 Å². The van der Waals surface area contributed by atoms with Crippen LogP contribution >= 0.6 is 12.4 Å². The van der Waals surface area contributed by atoms with Crippen LogP contribution in [0.2, 0.25) is 0 Å². The number of aliphatic hydroxyl groups excluding tert-OH is 1. The molecule has 1 aromatic heterocycles. The summed E-state index contributed by atoms with van der Waals surface area (Å²) in [5, 5.41) is 16.6. The Morgan fingerprint density at radius 1 is 1.45 bits per heavy atom. The van der Waals surface area contributed by atoms with E-state index in [9.17, 15) is 9.90 Å². The van der Waals surface area contributed by atoms with Crippen molar-refractivity contribution in [3.8, 4) is 0 Å². The van der Waals surface area contributed by atoms with Gasteiger partial charge in [0.05, 0.1) is 12.1 Å². The highest BCUT2D eigenvalue weighted by Gasteiger charge is 2.27. The van der Waals surface area contributed by atoms with Gasteiger partial charge < -0.3 is 20.7 Å². The number of fused-ring (bicyclic) bond motifs is 1. The second-order valence-corrected chi connectivity index (χ2v) is 5.70. The van der Waals surface area contributed by atoms with Gasteiger partial charge in [-0.3, -0.25) is 4.79 Å². The first-order valence-corrected chi connectivity index (χ1v) is 7.40. The number of hydrogen-bond acceptors (Lipinski definition) is 3. The van der Waals surface area contributed by atoms with Crippen LogP contribution in [0.25, 0.3) is 10.9 Å². The first-order chi connectivity index (χ1) is 10.1. The third-order valence-electron chi connectivity index (χ3n) is 4.11. The van der Waals surface area contributed by atoms with Crippen LogP contribution in [0.15, 0.2) is 24.4 Å². The van der Waals surface area contributed by atoms with Gasteiger partial charge in [-0.1, -0.05) is 12.1 Å². The first-order valence-electron chi connectivity index (χ1n) is 7.40. The monoisotopic (exact) mass is 323 g/mol. The van der Waals surface area contributed by atoms with Crippen LogP contribution in [0.4, 0.5) is 0 Å². The second kappa shape index (κ2) is 7.13. The molecule has 0 bridgehead atoms. The van der Waals surface area contributed by atoms with Crippen LogP contribution < -0.4 is 10.6 Å². The molecule has 22 heavy (non-hydrogen) atoms. The van der Waals surface area contributed by atoms with Crippen molar-refractivity contribution in [2.75, 3.05) is 13.1 Å². The van der Waals surface area contributed by atoms with Crippen LogP contribution in [-0.2, 0) is 11.2 Å². The number of aryl methyl sites for hydroxylation is 1. The summed E-state index contributed by atoms with van der Waals surface area (Å²) in [7, 11) is 0. The standard InChI is InChI=1S/C16H21N3O2.ClH/c1-10-3-2-4-13-15(10)11(8-18-13)5-6-17-16(21)14-7-12(20)9-19-14;/h2-4,8,12,14,18-20H,5-7,9H2,1H3,(H,17,21);1H. The van der Waals surface area contributed by atoms with E-state index >= 15 is 0 Å². The molecule has 1 fully saturated rings. The number of benzene rings is 1. The maximum atomic E-state index is 12.0. The number of aromatic amines is 1. The zero-order valence-corrected chi connectivity index (χ0v) is 13.4. The van der Waals surface area contributed by atoms with E-state index in [0.29, 0.717) is 19.5 Å². The number of carbonyl (C=O) groups is 1. The Bertz CT molecular complexity index is 656. The van der Waals surface area contributed by atoms with Crippen molar-refractivity contribution in [3.63, 3.8) is 0 Å². The highest BCUT2D eigenvalue weighted by molar-refractivity contribution is 5.86. The molecule has 1 amide bonds. The third kappa shape index (κ3) is 3.43. The normalized spacial score (nSPS) is 20.8. The molecule has 3 rings (SSSR count). The van der Waals surface area contributed by atoms with Crippen LogP contribution in [0, 0.1) is 6.92 Å². The summed E-state index contributed by atoms with van der Waals surface area (Å²) in [6.45, 7) is 3.20. The van der Waals surface area contributed by atoms with Gasteiger partial charge in [-0.25, -0.2) is 0 Å². The smallest absolute Gasteiger partial charge is 0.237 e. The number of nitrogens with one attached hydrogen (secondary N) is 3. The van der Waals surface area contributed by atoms with Gasteiger partial charge in [0, 0.05) is 30.2 Å². The minimum absolute atomic E-state index is 0. The van der Waals surface area contributed by atoms with Crippen LogP contribution in [0.3, 0.4) is 0 Å². The van der Waals surface area contributed by atoms with Crippen molar-refractivity contribution in [3.05, 3.63) is 35.5 Å². The lowest BCUT2D eigenvalue weighted by Crippen LogP contribution is -2.41. The molecule has 2 aromatic rings. The predicted octanol–water partition coefficient (Wildman–Crippen LogP) is 1.28. The van der Waals surface area contributed by atoms with Gasteiger partial charge in [-0.05, 0) is 37.0 Å². The molecular formula is C16H22ClN3O2. The Kier molecular flexibility index (Phi) is 5.45. The number of aliphatic hydroxyl groups is 1. The topological polar surface area (TPSA) is 77.2 Å². The summed E-state index contributed by atoms with van der Waals surface area (Å²) in [4.78, 5) is 15.2. The molecular weight excluding hydrogens is 302 g/mol. The van der Waals surface area contributed by atoms with Gasteiger partial charge in [0.1, 0.15) is 0 Å². The van der Waals surface area contributed by atoms with Crippen LogP contribution in [-0.4, -0.2) is 41.2 Å². The maximum Gasteiger partial charge on any atom is 0.237 e. The van der Waals surface area contributed by atoms with Crippen LogP contribution in [0.1, 0.15) is 17.5 Å². The molecule has 1 aliphatic rings. The molecule has 4 N–H and O–H groups in total. The number of H-pyrrole nitrogens is 1. The summed E-state index contributed by atoms with van der Waals surface area (Å²) < 4.78 is 0. The Balaban J connectivity index is 0.00000176. The molecule has 2 heterocycles. The number of aromatic nitrogens is 1. The van der Waals surface area contributed by atoms with Crippen molar-refractivity contribution in [2.24, 2.45) is 0 Å². The van der Waals surface area contributed by atoms with E-state index in [1.165, 1.54) is 16.5 Å². The Hall–Kier alpha value is -1.56. The van der Waals surface area contributed by atoms with Crippen molar-refractivity contribution < 1.29 is 9.90 Å². The molecule has 2 unspecified atom stereocenters. The van der Waals surface area contributed by atoms with E-state index < -0.39 is 6.10 Å². The lowest BCUT2D eigenvalue weighted by Gasteiger charge is -2.10. The highest BCUT2D eigenvalue weighted by atomic mass is 35.5. The molecule has 1 aromatic carbocycles. The van der Waals surface area contributed by atoms with E-state index in [2.05, 4.69) is 34.7 Å². The second-order valence-electron chi connectivity index (χ2n) is 5.70. The van der Waals surface area contributed by atoms with Gasteiger partial charge in [0.15, 0.2) is 0 Å². The van der Waals surface area contributed by atoms with E-state index in [1.807, 2.05) is 12.3 Å². The maximum absolute atomic E-state index is 12.0. The molecule has 0 aliphatic carbocycles. The van der Waals surface area contributed by atoms with Gasteiger partial charge >= 0.3 is 0 Å². The van der Waals surface area contributed by atoms with E-state index in [0.717, 1.165) is 11.9 Å². The van der Waals surface area contributed by atoms with Crippen LogP contribution in [0.5, 0.6) is 0 Å². The summed E-state index contributed by atoms with van der Waals surface area (Å²) in [5.74, 6) is -0.0249. The number of amides is 1. The lowest BCUT2D eigenvalue weighted by atomic mass is 10.1. The number of rotatable bonds is 4. The molecule has 1 saturated heterocycles. The lowest BCUT2D eigenvalue weighted by molar-refractivity contribution is -0.122. The minimum Gasteiger partial charge on any atom is -0.392 e. The summed E-state index contributed by atoms with van der Waals surface area (Å²) in [5.41, 5.74) is 3.61. The van der Waals surface area contributed by atoms with Gasteiger partial charge in [-0.2, -0.15) is 0 Å². The summed E-state index contributed by atoms with van der Waals surface area (Å²) in [6, 6.07) is 5.94. The number of hydrogen-bond donors (Lipinski definition) is 4. The summed E-state index contributed by atoms with van der Waals surface area (Å²) in [6.07, 6.45) is 2.91. The molecule has 0 radical (unpaired) electrons. The van der Waals surface area contributed by atoms with Gasteiger partial charge in [-0.15, -0.1) is 12.4 Å². The number of carbonyl (C=O) groups excluding carboxylic acids is 1. The summed E-state index contributed by atoms with van der Waals surface area (Å²) >= 11 is 0. The highest BCUT2D eigenvalue weighted by Crippen LogP contribution is 2.22.